The molecule has 5 rings (SSSR count). The van der Waals surface area contributed by atoms with Gasteiger partial charge in [-0.15, -0.1) is 11.8 Å². The molecule has 19 heteroatoms. The molecule has 0 saturated carbocycles. The van der Waals surface area contributed by atoms with Crippen molar-refractivity contribution in [3.63, 3.8) is 0 Å². The number of nitrogens with two attached hydrogens (primary N) is 1. The molecule has 2 aliphatic rings. The minimum Gasteiger partial charge on any atom is -0.478 e. The smallest absolute Gasteiger partial charge is 0.352 e. The summed E-state index contributed by atoms with van der Waals surface area (Å²) in [6.45, 7) is 1.39. The lowest BCUT2D eigenvalue weighted by atomic mass is 10.0. The van der Waals surface area contributed by atoms with Crippen molar-refractivity contribution in [2.75, 3.05) is 23.9 Å². The second kappa shape index (κ2) is 11.5. The monoisotopic (exact) mass is 636 g/mol. The number of rotatable bonds is 10. The van der Waals surface area contributed by atoms with E-state index in [9.17, 15) is 24.3 Å². The number of thioether (sulfide) groups is 1. The van der Waals surface area contributed by atoms with Crippen LogP contribution in [0, 0.1) is 0 Å². The first-order valence-corrected chi connectivity index (χ1v) is 14.4. The van der Waals surface area contributed by atoms with Crippen molar-refractivity contribution in [1.82, 2.24) is 25.2 Å². The molecule has 42 heavy (non-hydrogen) atoms. The Balaban J connectivity index is 1.36. The SMILES string of the molecule is CNc1nc2c[n+](CC3=C(C(=O)O)N4C(=O)[C@@H](NC(=O)/C(=N\O[C@@H](C)C(=O)O)c5nc(N)sc5Cl)C4SC3)ccc2[nH]1. The minimum absolute atomic E-state index is 0.00460. The summed E-state index contributed by atoms with van der Waals surface area (Å²) in [6.07, 6.45) is 2.13. The van der Waals surface area contributed by atoms with Crippen LogP contribution in [0.4, 0.5) is 11.1 Å². The molecule has 3 atom stereocenters. The molecule has 0 radical (unpaired) electrons. The number of carboxylic acids is 2. The number of H-pyrrole nitrogens is 1. The molecule has 220 valence electrons. The van der Waals surface area contributed by atoms with E-state index in [1.807, 2.05) is 6.07 Å². The predicted molar refractivity (Wildman–Crippen MR) is 152 cm³/mol. The van der Waals surface area contributed by atoms with Gasteiger partial charge in [-0.3, -0.25) is 14.5 Å². The standard InChI is InChI=1S/C23H22ClN9O7S2/c1-8(20(36)37)40-31-13(12-16(24)42-22(25)30-12)17(34)29-14-18(35)33-15(21(38)39)9(7-41-19(14)33)5-32-4-3-10-11(6-32)28-23(26-2)27-10/h3-4,6,8,14,19H,5,7H2,1-2H3,(H6,25,26,28,29,30,34,36,37,38,39)/p+1/b31-13-/t8-,14+,19?/m0/s1. The average molecular weight is 637 g/mol. The molecule has 0 bridgehead atoms. The molecule has 3 aromatic rings. The molecule has 3 aromatic heterocycles. The van der Waals surface area contributed by atoms with Crippen molar-refractivity contribution in [3.8, 4) is 0 Å². The lowest BCUT2D eigenvalue weighted by Gasteiger charge is -2.49. The summed E-state index contributed by atoms with van der Waals surface area (Å²) < 4.78 is 1.77. The number of anilines is 2. The number of hydrogen-bond acceptors (Lipinski definition) is 12. The highest BCUT2D eigenvalue weighted by atomic mass is 35.5. The Morgan fingerprint density at radius 2 is 2.14 bits per heavy atom. The van der Waals surface area contributed by atoms with E-state index in [1.165, 1.54) is 18.7 Å². The van der Waals surface area contributed by atoms with Crippen LogP contribution in [0.5, 0.6) is 0 Å². The number of nitrogens with one attached hydrogen (secondary N) is 3. The number of nitrogens with zero attached hydrogens (tertiary/aromatic N) is 5. The van der Waals surface area contributed by atoms with Gasteiger partial charge in [0.15, 0.2) is 35.3 Å². The molecule has 1 unspecified atom stereocenters. The van der Waals surface area contributed by atoms with Gasteiger partial charge in [0, 0.05) is 24.4 Å². The van der Waals surface area contributed by atoms with Crippen LogP contribution in [0.1, 0.15) is 12.6 Å². The van der Waals surface area contributed by atoms with Crippen LogP contribution in [-0.4, -0.2) is 89.8 Å². The topological polar surface area (TPSA) is 229 Å². The summed E-state index contributed by atoms with van der Waals surface area (Å²) in [4.78, 5) is 67.4. The highest BCUT2D eigenvalue weighted by Crippen LogP contribution is 2.40. The third-order valence-electron chi connectivity index (χ3n) is 6.32. The summed E-state index contributed by atoms with van der Waals surface area (Å²) in [7, 11) is 1.73. The zero-order valence-corrected chi connectivity index (χ0v) is 24.2. The van der Waals surface area contributed by atoms with Crippen molar-refractivity contribution < 1.29 is 38.8 Å². The fourth-order valence-electron chi connectivity index (χ4n) is 4.28. The first-order valence-electron chi connectivity index (χ1n) is 12.1. The third-order valence-corrected chi connectivity index (χ3v) is 8.74. The summed E-state index contributed by atoms with van der Waals surface area (Å²) in [5.74, 6) is -3.35. The van der Waals surface area contributed by atoms with Crippen LogP contribution in [0.15, 0.2) is 34.9 Å². The number of aromatic amines is 1. The molecule has 1 fully saturated rings. The Labute approximate surface area is 249 Å². The van der Waals surface area contributed by atoms with E-state index in [0.717, 1.165) is 21.8 Å². The number of pyridine rings is 1. The molecule has 5 heterocycles. The van der Waals surface area contributed by atoms with Gasteiger partial charge in [-0.1, -0.05) is 28.1 Å². The summed E-state index contributed by atoms with van der Waals surface area (Å²) in [5, 5.41) is 27.5. The molecule has 0 aliphatic carbocycles. The van der Waals surface area contributed by atoms with Gasteiger partial charge in [0.1, 0.15) is 27.1 Å². The van der Waals surface area contributed by atoms with Gasteiger partial charge in [-0.2, -0.15) is 4.57 Å². The number of carboxylic acid groups (broad SMARTS) is 2. The maximum absolute atomic E-state index is 13.2. The summed E-state index contributed by atoms with van der Waals surface area (Å²) in [6, 6.07) is 0.703. The zero-order chi connectivity index (χ0) is 30.3. The molecule has 1 saturated heterocycles. The summed E-state index contributed by atoms with van der Waals surface area (Å²) in [5.41, 5.74) is 6.84. The Morgan fingerprint density at radius 3 is 2.79 bits per heavy atom. The highest BCUT2D eigenvalue weighted by molar-refractivity contribution is 8.00. The molecule has 7 N–H and O–H groups in total. The Bertz CT molecular complexity index is 1690. The number of oxime groups is 1. The number of carbonyl (C=O) groups is 4. The van der Waals surface area contributed by atoms with Gasteiger partial charge >= 0.3 is 11.9 Å². The van der Waals surface area contributed by atoms with E-state index in [4.69, 9.17) is 27.3 Å². The van der Waals surface area contributed by atoms with Crippen LogP contribution in [0.25, 0.3) is 11.0 Å². The van der Waals surface area contributed by atoms with E-state index in [0.29, 0.717) is 17.0 Å². The maximum atomic E-state index is 13.2. The van der Waals surface area contributed by atoms with E-state index < -0.39 is 47.0 Å². The fourth-order valence-corrected chi connectivity index (χ4v) is 6.54. The van der Waals surface area contributed by atoms with E-state index in [-0.39, 0.29) is 33.2 Å². The number of aromatic nitrogens is 4. The van der Waals surface area contributed by atoms with Crippen LogP contribution in [-0.2, 0) is 30.6 Å². The predicted octanol–water partition coefficient (Wildman–Crippen LogP) is 0.217. The Hall–Kier alpha value is -4.42. The van der Waals surface area contributed by atoms with Crippen LogP contribution in [0.3, 0.4) is 0 Å². The van der Waals surface area contributed by atoms with Crippen molar-refractivity contribution >= 4 is 86.3 Å². The highest BCUT2D eigenvalue weighted by Gasteiger charge is 2.55. The van der Waals surface area contributed by atoms with Gasteiger partial charge in [0.05, 0.1) is 5.52 Å². The van der Waals surface area contributed by atoms with Crippen molar-refractivity contribution in [1.29, 1.82) is 0 Å². The number of carbonyl (C=O) groups excluding carboxylic acids is 2. The normalized spacial score (nSPS) is 19.3. The number of halogens is 1. The van der Waals surface area contributed by atoms with E-state index in [2.05, 4.69) is 30.7 Å². The number of β-lactam (4-membered cyclic amide) rings is 1. The van der Waals surface area contributed by atoms with Crippen molar-refractivity contribution in [3.05, 3.63) is 39.8 Å². The van der Waals surface area contributed by atoms with Crippen molar-refractivity contribution in [2.45, 2.75) is 31.0 Å². The van der Waals surface area contributed by atoms with Crippen LogP contribution >= 0.6 is 34.7 Å². The van der Waals surface area contributed by atoms with E-state index in [1.54, 1.807) is 24.0 Å². The number of imidazole rings is 1. The van der Waals surface area contributed by atoms with E-state index >= 15 is 0 Å². The number of hydrogen-bond donors (Lipinski definition) is 6. The quantitative estimate of drug-likeness (QED) is 0.0759. The third kappa shape index (κ3) is 5.42. The fraction of sp³-hybridized carbons (Fsp3) is 0.304. The van der Waals surface area contributed by atoms with Gasteiger partial charge in [-0.05, 0) is 6.92 Å². The Kier molecular flexibility index (Phi) is 7.93. The molecule has 0 spiro atoms. The second-order valence-corrected chi connectivity index (χ2v) is 11.8. The number of fused-ring (bicyclic) bond motifs is 2. The minimum atomic E-state index is -1.41. The molecule has 0 aromatic carbocycles. The molecule has 2 amide bonds. The first kappa shape index (κ1) is 29.1. The number of thiazole rings is 1. The lowest BCUT2D eigenvalue weighted by molar-refractivity contribution is -0.687. The van der Waals surface area contributed by atoms with Crippen LogP contribution in [0.2, 0.25) is 4.34 Å². The largest absolute Gasteiger partial charge is 0.478 e. The lowest BCUT2D eigenvalue weighted by Crippen LogP contribution is -2.71. The number of amides is 2. The number of nitrogen functional groups attached to an aromatic ring is 1. The molecule has 16 nitrogen and oxygen atoms in total. The van der Waals surface area contributed by atoms with Gasteiger partial charge in [-0.25, -0.2) is 19.6 Å². The van der Waals surface area contributed by atoms with Crippen molar-refractivity contribution in [2.24, 2.45) is 5.16 Å². The van der Waals surface area contributed by atoms with Crippen LogP contribution < -0.4 is 20.9 Å². The molecular weight excluding hydrogens is 614 g/mol. The zero-order valence-electron chi connectivity index (χ0n) is 21.8. The molecular formula is C23H23ClN9O7S2+. The Morgan fingerprint density at radius 1 is 1.38 bits per heavy atom. The maximum Gasteiger partial charge on any atom is 0.352 e. The summed E-state index contributed by atoms with van der Waals surface area (Å²) >= 11 is 8.28. The molecule has 2 aliphatic heterocycles. The van der Waals surface area contributed by atoms with Gasteiger partial charge in [0.2, 0.25) is 12.1 Å². The average Bonchev–Trinajstić information content (AvgIpc) is 3.52. The first-order chi connectivity index (χ1) is 20.0. The number of aliphatic carboxylic acids is 2. The van der Waals surface area contributed by atoms with Gasteiger partial charge in [0.25, 0.3) is 11.8 Å². The second-order valence-electron chi connectivity index (χ2n) is 9.07. The van der Waals surface area contributed by atoms with Gasteiger partial charge < -0.3 is 36.4 Å².